The van der Waals surface area contributed by atoms with E-state index in [1.54, 1.807) is 14.2 Å². The van der Waals surface area contributed by atoms with Crippen molar-refractivity contribution in [1.82, 2.24) is 0 Å². The first-order valence-electron chi connectivity index (χ1n) is 5.06. The Hall–Kier alpha value is -1.22. The number of carbonyl (C=O) groups is 1. The minimum atomic E-state index is -0.299. The lowest BCUT2D eigenvalue weighted by Crippen LogP contribution is -1.95. The van der Waals surface area contributed by atoms with E-state index in [1.165, 1.54) is 0 Å². The first-order chi connectivity index (χ1) is 7.67. The molecule has 1 rings (SSSR count). The zero-order chi connectivity index (χ0) is 12.0. The van der Waals surface area contributed by atoms with Gasteiger partial charge in [-0.15, -0.1) is 0 Å². The summed E-state index contributed by atoms with van der Waals surface area (Å²) >= 11 is 5.28. The Bertz CT molecular complexity index is 363. The monoisotopic (exact) mass is 242 g/mol. The summed E-state index contributed by atoms with van der Waals surface area (Å²) in [6, 6.07) is 5.65. The van der Waals surface area contributed by atoms with E-state index >= 15 is 0 Å². The second-order valence-corrected chi connectivity index (χ2v) is 3.81. The van der Waals surface area contributed by atoms with Gasteiger partial charge in [-0.05, 0) is 36.1 Å². The van der Waals surface area contributed by atoms with E-state index in [2.05, 4.69) is 0 Å². The third-order valence-electron chi connectivity index (χ3n) is 2.31. The van der Waals surface area contributed by atoms with Crippen LogP contribution in [0.2, 0.25) is 0 Å². The van der Waals surface area contributed by atoms with E-state index in [9.17, 15) is 4.79 Å². The third kappa shape index (κ3) is 3.74. The van der Waals surface area contributed by atoms with Gasteiger partial charge in [-0.3, -0.25) is 4.79 Å². The number of hydrogen-bond donors (Lipinski definition) is 0. The summed E-state index contributed by atoms with van der Waals surface area (Å²) in [4.78, 5) is 10.6. The molecule has 1 aromatic carbocycles. The normalized spacial score (nSPS) is 9.94. The molecule has 0 spiro atoms. The van der Waals surface area contributed by atoms with Crippen molar-refractivity contribution in [2.45, 2.75) is 19.3 Å². The fraction of sp³-hybridized carbons (Fsp3) is 0.417. The second kappa shape index (κ2) is 6.38. The average Bonchev–Trinajstić information content (AvgIpc) is 2.29. The SMILES string of the molecule is COc1ccc(CCCC(=O)Cl)c(OC)c1. The highest BCUT2D eigenvalue weighted by Crippen LogP contribution is 2.25. The number of methoxy groups -OCH3 is 2. The maximum atomic E-state index is 10.6. The predicted octanol–water partition coefficient (Wildman–Crippen LogP) is 2.79. The number of carbonyl (C=O) groups excluding carboxylic acids is 1. The molecule has 0 aromatic heterocycles. The molecule has 0 saturated heterocycles. The fourth-order valence-electron chi connectivity index (χ4n) is 1.48. The van der Waals surface area contributed by atoms with Gasteiger partial charge >= 0.3 is 0 Å². The van der Waals surface area contributed by atoms with E-state index in [4.69, 9.17) is 21.1 Å². The van der Waals surface area contributed by atoms with E-state index in [1.807, 2.05) is 18.2 Å². The van der Waals surface area contributed by atoms with E-state index in [-0.39, 0.29) is 5.24 Å². The average molecular weight is 243 g/mol. The number of halogens is 1. The van der Waals surface area contributed by atoms with Crippen LogP contribution in [0.4, 0.5) is 0 Å². The van der Waals surface area contributed by atoms with Gasteiger partial charge in [-0.25, -0.2) is 0 Å². The molecule has 0 fully saturated rings. The molecule has 3 nitrogen and oxygen atoms in total. The highest BCUT2D eigenvalue weighted by molar-refractivity contribution is 6.63. The quantitative estimate of drug-likeness (QED) is 0.720. The van der Waals surface area contributed by atoms with Gasteiger partial charge in [0, 0.05) is 12.5 Å². The number of aryl methyl sites for hydroxylation is 1. The van der Waals surface area contributed by atoms with E-state index < -0.39 is 0 Å². The molecule has 16 heavy (non-hydrogen) atoms. The van der Waals surface area contributed by atoms with Crippen LogP contribution in [-0.2, 0) is 11.2 Å². The van der Waals surface area contributed by atoms with Crippen molar-refractivity contribution >= 4 is 16.8 Å². The maximum Gasteiger partial charge on any atom is 0.221 e. The van der Waals surface area contributed by atoms with Crippen LogP contribution in [0.3, 0.4) is 0 Å². The molecule has 0 bridgehead atoms. The molecular weight excluding hydrogens is 228 g/mol. The molecule has 0 aliphatic carbocycles. The summed E-state index contributed by atoms with van der Waals surface area (Å²) in [7, 11) is 3.23. The van der Waals surface area contributed by atoms with Crippen molar-refractivity contribution in [3.8, 4) is 11.5 Å². The van der Waals surface area contributed by atoms with Crippen molar-refractivity contribution in [1.29, 1.82) is 0 Å². The molecule has 0 aliphatic rings. The summed E-state index contributed by atoms with van der Waals surface area (Å²) in [5, 5.41) is -0.299. The van der Waals surface area contributed by atoms with Crippen LogP contribution in [0.25, 0.3) is 0 Å². The standard InChI is InChI=1S/C12H15ClO3/c1-15-10-7-6-9(11(8-10)16-2)4-3-5-12(13)14/h6-8H,3-5H2,1-2H3. The third-order valence-corrected chi connectivity index (χ3v) is 2.50. The first kappa shape index (κ1) is 12.8. The van der Waals surface area contributed by atoms with Gasteiger partial charge in [-0.1, -0.05) is 6.07 Å². The lowest BCUT2D eigenvalue weighted by Gasteiger charge is -2.09. The molecule has 0 radical (unpaired) electrons. The van der Waals surface area contributed by atoms with Gasteiger partial charge in [-0.2, -0.15) is 0 Å². The summed E-state index contributed by atoms with van der Waals surface area (Å²) in [6.07, 6.45) is 1.88. The van der Waals surface area contributed by atoms with E-state index in [0.717, 1.165) is 29.9 Å². The lowest BCUT2D eigenvalue weighted by atomic mass is 10.1. The Balaban J connectivity index is 2.68. The van der Waals surface area contributed by atoms with E-state index in [0.29, 0.717) is 6.42 Å². The summed E-state index contributed by atoms with van der Waals surface area (Å²) < 4.78 is 10.3. The molecule has 0 atom stereocenters. The summed E-state index contributed by atoms with van der Waals surface area (Å²) in [5.41, 5.74) is 1.06. The van der Waals surface area contributed by atoms with Crippen LogP contribution < -0.4 is 9.47 Å². The van der Waals surface area contributed by atoms with Crippen molar-refractivity contribution in [2.75, 3.05) is 14.2 Å². The Morgan fingerprint density at radius 3 is 2.62 bits per heavy atom. The van der Waals surface area contributed by atoms with Gasteiger partial charge in [0.1, 0.15) is 11.5 Å². The highest BCUT2D eigenvalue weighted by Gasteiger charge is 2.05. The predicted molar refractivity (Wildman–Crippen MR) is 63.3 cm³/mol. The fourth-order valence-corrected chi connectivity index (χ4v) is 1.61. The Morgan fingerprint density at radius 2 is 2.06 bits per heavy atom. The summed E-state index contributed by atoms with van der Waals surface area (Å²) in [5.74, 6) is 1.54. The summed E-state index contributed by atoms with van der Waals surface area (Å²) in [6.45, 7) is 0. The van der Waals surface area contributed by atoms with Crippen molar-refractivity contribution in [3.63, 3.8) is 0 Å². The van der Waals surface area contributed by atoms with Crippen LogP contribution in [0.15, 0.2) is 18.2 Å². The minimum absolute atomic E-state index is 0.299. The number of ether oxygens (including phenoxy) is 2. The molecular formula is C12H15ClO3. The highest BCUT2D eigenvalue weighted by atomic mass is 35.5. The zero-order valence-corrected chi connectivity index (χ0v) is 10.2. The van der Waals surface area contributed by atoms with Crippen molar-refractivity contribution < 1.29 is 14.3 Å². The van der Waals surface area contributed by atoms with Gasteiger partial charge in [0.2, 0.25) is 5.24 Å². The number of benzene rings is 1. The maximum absolute atomic E-state index is 10.6. The smallest absolute Gasteiger partial charge is 0.221 e. The van der Waals surface area contributed by atoms with Crippen LogP contribution in [0.1, 0.15) is 18.4 Å². The molecule has 0 saturated carbocycles. The number of rotatable bonds is 6. The van der Waals surface area contributed by atoms with Crippen molar-refractivity contribution in [2.24, 2.45) is 0 Å². The molecule has 0 heterocycles. The zero-order valence-electron chi connectivity index (χ0n) is 9.46. The first-order valence-corrected chi connectivity index (χ1v) is 5.44. The van der Waals surface area contributed by atoms with Gasteiger partial charge in [0.05, 0.1) is 14.2 Å². The molecule has 4 heteroatoms. The minimum Gasteiger partial charge on any atom is -0.497 e. The largest absolute Gasteiger partial charge is 0.497 e. The molecule has 0 amide bonds. The van der Waals surface area contributed by atoms with Crippen LogP contribution in [0, 0.1) is 0 Å². The Kier molecular flexibility index (Phi) is 5.12. The Labute approximate surface area is 100 Å². The second-order valence-electron chi connectivity index (χ2n) is 3.39. The van der Waals surface area contributed by atoms with Gasteiger partial charge in [0.15, 0.2) is 0 Å². The molecule has 0 unspecified atom stereocenters. The van der Waals surface area contributed by atoms with Crippen LogP contribution in [-0.4, -0.2) is 19.5 Å². The van der Waals surface area contributed by atoms with Gasteiger partial charge < -0.3 is 9.47 Å². The van der Waals surface area contributed by atoms with Crippen LogP contribution in [0.5, 0.6) is 11.5 Å². The molecule has 0 aliphatic heterocycles. The number of hydrogen-bond acceptors (Lipinski definition) is 3. The topological polar surface area (TPSA) is 35.5 Å². The van der Waals surface area contributed by atoms with Crippen molar-refractivity contribution in [3.05, 3.63) is 23.8 Å². The Morgan fingerprint density at radius 1 is 1.31 bits per heavy atom. The molecule has 88 valence electrons. The van der Waals surface area contributed by atoms with Crippen LogP contribution >= 0.6 is 11.6 Å². The lowest BCUT2D eigenvalue weighted by molar-refractivity contribution is -0.111. The molecule has 0 N–H and O–H groups in total. The van der Waals surface area contributed by atoms with Gasteiger partial charge in [0.25, 0.3) is 0 Å². The molecule has 1 aromatic rings.